The van der Waals surface area contributed by atoms with E-state index in [1.165, 1.54) is 37.3 Å². The van der Waals surface area contributed by atoms with Crippen LogP contribution in [0.3, 0.4) is 0 Å². The van der Waals surface area contributed by atoms with Gasteiger partial charge in [-0.15, -0.1) is 0 Å². The highest BCUT2D eigenvalue weighted by molar-refractivity contribution is 6.06. The first-order valence-electron chi connectivity index (χ1n) is 10.3. The van der Waals surface area contributed by atoms with Crippen molar-refractivity contribution in [3.63, 3.8) is 0 Å². The zero-order valence-corrected chi connectivity index (χ0v) is 18.0. The Bertz CT molecular complexity index is 1130. The molecule has 168 valence electrons. The summed E-state index contributed by atoms with van der Waals surface area (Å²) in [6, 6.07) is 22.0. The zero-order valence-electron chi connectivity index (χ0n) is 18.0. The lowest BCUT2D eigenvalue weighted by atomic mass is 10.1. The third kappa shape index (κ3) is 7.14. The maximum absolute atomic E-state index is 13.2. The second-order valence-corrected chi connectivity index (χ2v) is 7.22. The van der Waals surface area contributed by atoms with Gasteiger partial charge in [0.15, 0.2) is 0 Å². The van der Waals surface area contributed by atoms with E-state index >= 15 is 0 Å². The third-order valence-corrected chi connectivity index (χ3v) is 4.63. The van der Waals surface area contributed by atoms with E-state index in [0.29, 0.717) is 11.1 Å². The molecule has 1 unspecified atom stereocenters. The molecule has 2 amide bonds. The molecule has 0 aliphatic heterocycles. The number of rotatable bonds is 8. The van der Waals surface area contributed by atoms with Crippen molar-refractivity contribution in [2.75, 3.05) is 0 Å². The summed E-state index contributed by atoms with van der Waals surface area (Å²) in [6.45, 7) is 1.56. The van der Waals surface area contributed by atoms with E-state index in [9.17, 15) is 18.8 Å². The number of amides is 2. The molecule has 7 heteroatoms. The van der Waals surface area contributed by atoms with E-state index in [0.717, 1.165) is 5.56 Å². The fraction of sp³-hybridized carbons (Fsp3) is 0.115. The van der Waals surface area contributed by atoms with Gasteiger partial charge in [-0.3, -0.25) is 9.59 Å². The van der Waals surface area contributed by atoms with Gasteiger partial charge in [0.1, 0.15) is 24.2 Å². The van der Waals surface area contributed by atoms with E-state index < -0.39 is 29.6 Å². The van der Waals surface area contributed by atoms with E-state index in [1.54, 1.807) is 30.3 Å². The van der Waals surface area contributed by atoms with Crippen molar-refractivity contribution in [1.82, 2.24) is 10.6 Å². The average molecular weight is 446 g/mol. The molecule has 3 aromatic rings. The molecule has 0 spiro atoms. The van der Waals surface area contributed by atoms with Gasteiger partial charge in [0.05, 0.1) is 0 Å². The Hall–Kier alpha value is -4.26. The largest absolute Gasteiger partial charge is 0.459 e. The van der Waals surface area contributed by atoms with Crippen LogP contribution in [0, 0.1) is 5.82 Å². The number of esters is 1. The maximum atomic E-state index is 13.2. The van der Waals surface area contributed by atoms with Gasteiger partial charge < -0.3 is 15.4 Å². The SMILES string of the molecule is CC(NC(=O)C(=Cc1ccc(F)cc1)NC(=O)c1ccccc1)C(=O)OCc1ccccc1. The normalized spacial score (nSPS) is 11.9. The molecular weight excluding hydrogens is 423 g/mol. The van der Waals surface area contributed by atoms with Gasteiger partial charge in [-0.25, -0.2) is 9.18 Å². The first kappa shape index (κ1) is 23.4. The minimum atomic E-state index is -0.966. The van der Waals surface area contributed by atoms with Crippen molar-refractivity contribution in [2.45, 2.75) is 19.6 Å². The molecule has 0 aliphatic carbocycles. The van der Waals surface area contributed by atoms with Gasteiger partial charge in [0.2, 0.25) is 0 Å². The molecule has 0 saturated carbocycles. The van der Waals surface area contributed by atoms with E-state index in [4.69, 9.17) is 4.74 Å². The Labute approximate surface area is 191 Å². The highest BCUT2D eigenvalue weighted by atomic mass is 19.1. The second-order valence-electron chi connectivity index (χ2n) is 7.22. The van der Waals surface area contributed by atoms with E-state index in [2.05, 4.69) is 10.6 Å². The lowest BCUT2D eigenvalue weighted by Crippen LogP contribution is -2.43. The third-order valence-electron chi connectivity index (χ3n) is 4.63. The lowest BCUT2D eigenvalue weighted by molar-refractivity contribution is -0.148. The van der Waals surface area contributed by atoms with Crippen LogP contribution in [0.15, 0.2) is 90.6 Å². The number of carbonyl (C=O) groups excluding carboxylic acids is 3. The fourth-order valence-electron chi connectivity index (χ4n) is 2.86. The van der Waals surface area contributed by atoms with Crippen molar-refractivity contribution in [1.29, 1.82) is 0 Å². The molecule has 0 radical (unpaired) electrons. The fourth-order valence-corrected chi connectivity index (χ4v) is 2.86. The maximum Gasteiger partial charge on any atom is 0.328 e. The number of ether oxygens (including phenoxy) is 1. The van der Waals surface area contributed by atoms with Gasteiger partial charge in [-0.1, -0.05) is 60.7 Å². The first-order valence-corrected chi connectivity index (χ1v) is 10.3. The Kier molecular flexibility index (Phi) is 8.07. The minimum absolute atomic E-state index is 0.0723. The summed E-state index contributed by atoms with van der Waals surface area (Å²) in [5.41, 5.74) is 1.56. The van der Waals surface area contributed by atoms with Crippen LogP contribution in [0.25, 0.3) is 6.08 Å². The second kappa shape index (κ2) is 11.4. The summed E-state index contributed by atoms with van der Waals surface area (Å²) in [5, 5.41) is 5.10. The molecule has 0 fully saturated rings. The van der Waals surface area contributed by atoms with E-state index in [1.807, 2.05) is 30.3 Å². The average Bonchev–Trinajstić information content (AvgIpc) is 2.84. The van der Waals surface area contributed by atoms with Crippen LogP contribution in [0.4, 0.5) is 4.39 Å². The molecular formula is C26H23FN2O4. The standard InChI is InChI=1S/C26H23FN2O4/c1-18(26(32)33-17-20-8-4-2-5-9-20)28-25(31)23(16-19-12-14-22(27)15-13-19)29-24(30)21-10-6-3-7-11-21/h2-16,18H,17H2,1H3,(H,28,31)(H,29,30). The summed E-state index contributed by atoms with van der Waals surface area (Å²) >= 11 is 0. The molecule has 3 rings (SSSR count). The highest BCUT2D eigenvalue weighted by Gasteiger charge is 2.21. The van der Waals surface area contributed by atoms with Crippen LogP contribution in [0.2, 0.25) is 0 Å². The summed E-state index contributed by atoms with van der Waals surface area (Å²) in [5.74, 6) is -2.24. The molecule has 2 N–H and O–H groups in total. The van der Waals surface area contributed by atoms with Crippen molar-refractivity contribution in [3.8, 4) is 0 Å². The van der Waals surface area contributed by atoms with Gasteiger partial charge in [-0.2, -0.15) is 0 Å². The van der Waals surface area contributed by atoms with Crippen molar-refractivity contribution < 1.29 is 23.5 Å². The Balaban J connectivity index is 1.71. The predicted octanol–water partition coefficient (Wildman–Crippen LogP) is 3.84. The number of halogens is 1. The summed E-state index contributed by atoms with van der Waals surface area (Å²) in [4.78, 5) is 37.8. The topological polar surface area (TPSA) is 84.5 Å². The summed E-state index contributed by atoms with van der Waals surface area (Å²) in [7, 11) is 0. The molecule has 0 aromatic heterocycles. The van der Waals surface area contributed by atoms with Crippen LogP contribution in [-0.4, -0.2) is 23.8 Å². The van der Waals surface area contributed by atoms with Crippen LogP contribution >= 0.6 is 0 Å². The number of hydrogen-bond acceptors (Lipinski definition) is 4. The Morgan fingerprint density at radius 2 is 1.52 bits per heavy atom. The molecule has 0 heterocycles. The zero-order chi connectivity index (χ0) is 23.6. The number of carbonyl (C=O) groups is 3. The van der Waals surface area contributed by atoms with Gasteiger partial charge in [-0.05, 0) is 48.4 Å². The number of hydrogen-bond donors (Lipinski definition) is 2. The first-order chi connectivity index (χ1) is 15.9. The van der Waals surface area contributed by atoms with Crippen LogP contribution < -0.4 is 10.6 Å². The van der Waals surface area contributed by atoms with Crippen LogP contribution in [0.5, 0.6) is 0 Å². The molecule has 3 aromatic carbocycles. The van der Waals surface area contributed by atoms with Crippen LogP contribution in [0.1, 0.15) is 28.4 Å². The molecule has 0 aliphatic rings. The Morgan fingerprint density at radius 3 is 2.15 bits per heavy atom. The minimum Gasteiger partial charge on any atom is -0.459 e. The monoisotopic (exact) mass is 446 g/mol. The molecule has 1 atom stereocenters. The number of benzene rings is 3. The summed E-state index contributed by atoms with van der Waals surface area (Å²) in [6.07, 6.45) is 1.40. The Morgan fingerprint density at radius 1 is 0.909 bits per heavy atom. The smallest absolute Gasteiger partial charge is 0.328 e. The van der Waals surface area contributed by atoms with Crippen LogP contribution in [-0.2, 0) is 20.9 Å². The highest BCUT2D eigenvalue weighted by Crippen LogP contribution is 2.10. The summed E-state index contributed by atoms with van der Waals surface area (Å²) < 4.78 is 18.5. The lowest BCUT2D eigenvalue weighted by Gasteiger charge is -2.16. The predicted molar refractivity (Wildman–Crippen MR) is 122 cm³/mol. The van der Waals surface area contributed by atoms with Crippen molar-refractivity contribution in [2.24, 2.45) is 0 Å². The molecule has 6 nitrogen and oxygen atoms in total. The molecule has 0 bridgehead atoms. The molecule has 33 heavy (non-hydrogen) atoms. The van der Waals surface area contributed by atoms with Crippen molar-refractivity contribution >= 4 is 23.9 Å². The quantitative estimate of drug-likeness (QED) is 0.407. The van der Waals surface area contributed by atoms with Gasteiger partial charge in [0.25, 0.3) is 11.8 Å². The van der Waals surface area contributed by atoms with Crippen molar-refractivity contribution in [3.05, 3.63) is 113 Å². The van der Waals surface area contributed by atoms with Gasteiger partial charge >= 0.3 is 5.97 Å². The number of nitrogens with one attached hydrogen (secondary N) is 2. The molecule has 0 saturated heterocycles. The van der Waals surface area contributed by atoms with E-state index in [-0.39, 0.29) is 12.3 Å². The van der Waals surface area contributed by atoms with Gasteiger partial charge in [0, 0.05) is 5.56 Å².